The zero-order chi connectivity index (χ0) is 19.3. The minimum atomic E-state index is -0.407. The second-order valence-electron chi connectivity index (χ2n) is 6.62. The molecule has 2 N–H and O–H groups in total. The van der Waals surface area contributed by atoms with Crippen LogP contribution in [0.15, 0.2) is 53.4 Å². The number of benzene rings is 1. The number of nitriles is 1. The van der Waals surface area contributed by atoms with E-state index in [1.54, 1.807) is 6.08 Å². The average Bonchev–Trinajstić information content (AvgIpc) is 3.35. The Hall–Kier alpha value is -2.79. The lowest BCUT2D eigenvalue weighted by Gasteiger charge is -2.22. The summed E-state index contributed by atoms with van der Waals surface area (Å²) in [6, 6.07) is 16.2. The van der Waals surface area contributed by atoms with Crippen LogP contribution in [0, 0.1) is 11.3 Å². The molecule has 140 valence electrons. The van der Waals surface area contributed by atoms with Crippen LogP contribution in [0.2, 0.25) is 0 Å². The topological polar surface area (TPSA) is 70.2 Å². The summed E-state index contributed by atoms with van der Waals surface area (Å²) in [5.74, 6) is -0.407. The monoisotopic (exact) mass is 407 g/mol. The predicted octanol–water partition coefficient (Wildman–Crippen LogP) is 2.89. The maximum absolute atomic E-state index is 12.5. The zero-order valence-electron chi connectivity index (χ0n) is 15.1. The Morgan fingerprint density at radius 1 is 1.29 bits per heavy atom. The van der Waals surface area contributed by atoms with Gasteiger partial charge in [-0.05, 0) is 17.5 Å². The number of fused-ring (bicyclic) bond motifs is 1. The molecule has 2 aromatic heterocycles. The number of rotatable bonds is 5. The molecular weight excluding hydrogens is 388 g/mol. The maximum Gasteiger partial charge on any atom is 0.268 e. The zero-order valence-corrected chi connectivity index (χ0v) is 16.8. The summed E-state index contributed by atoms with van der Waals surface area (Å²) >= 11 is 3.01. The number of thiophene rings is 1. The number of hydrogen-bond donors (Lipinski definition) is 2. The summed E-state index contributed by atoms with van der Waals surface area (Å²) in [5, 5.41) is 14.6. The van der Waals surface area contributed by atoms with E-state index in [1.807, 2.05) is 29.6 Å². The molecule has 3 heterocycles. The molecule has 5 nitrogen and oxygen atoms in total. The van der Waals surface area contributed by atoms with E-state index >= 15 is 0 Å². The van der Waals surface area contributed by atoms with E-state index in [9.17, 15) is 10.1 Å². The summed E-state index contributed by atoms with van der Waals surface area (Å²) < 4.78 is 0. The highest BCUT2D eigenvalue weighted by molar-refractivity contribution is 7.15. The number of hydrogen-bond acceptors (Lipinski definition) is 5. The van der Waals surface area contributed by atoms with Crippen LogP contribution < -0.4 is 10.2 Å². The van der Waals surface area contributed by atoms with Crippen molar-refractivity contribution in [2.24, 2.45) is 0 Å². The molecule has 28 heavy (non-hydrogen) atoms. The molecule has 3 aromatic rings. The third kappa shape index (κ3) is 4.37. The van der Waals surface area contributed by atoms with E-state index in [1.165, 1.54) is 38.0 Å². The first-order valence-electron chi connectivity index (χ1n) is 9.04. The molecule has 0 aliphatic carbocycles. The first-order valence-corrected chi connectivity index (χ1v) is 10.7. The third-order valence-electron chi connectivity index (χ3n) is 4.62. The number of carbonyl (C=O) groups excluding carboxylic acids is 1. The highest BCUT2D eigenvalue weighted by atomic mass is 32.1. The summed E-state index contributed by atoms with van der Waals surface area (Å²) in [6.45, 7) is 2.93. The van der Waals surface area contributed by atoms with Crippen LogP contribution in [-0.4, -0.2) is 17.4 Å². The Bertz CT molecular complexity index is 1030. The van der Waals surface area contributed by atoms with Gasteiger partial charge in [-0.15, -0.1) is 11.3 Å². The SMILES string of the molecule is N#CC(=Cc1cccs1)C(=O)Nc1nc2c(s1)C[NH+](Cc1ccccc1)CC2. The number of nitrogens with zero attached hydrogens (tertiary/aromatic N) is 2. The first kappa shape index (κ1) is 18.6. The standard InChI is InChI=1S/C21H18N4OS2/c22-12-16(11-17-7-4-10-27-17)20(26)24-21-23-18-8-9-25(14-19(18)28-21)13-15-5-2-1-3-6-15/h1-7,10-11H,8-9,13-14H2,(H,23,24,26)/p+1. The lowest BCUT2D eigenvalue weighted by molar-refractivity contribution is -0.929. The van der Waals surface area contributed by atoms with Crippen molar-refractivity contribution in [2.45, 2.75) is 19.5 Å². The lowest BCUT2D eigenvalue weighted by Crippen LogP contribution is -3.10. The minimum Gasteiger partial charge on any atom is -0.326 e. The second kappa shape index (κ2) is 8.48. The van der Waals surface area contributed by atoms with Gasteiger partial charge in [0.05, 0.1) is 17.1 Å². The number of aromatic nitrogens is 1. The Labute approximate surface area is 171 Å². The van der Waals surface area contributed by atoms with Crippen LogP contribution >= 0.6 is 22.7 Å². The molecule has 4 rings (SSSR count). The summed E-state index contributed by atoms with van der Waals surface area (Å²) in [4.78, 5) is 20.6. The highest BCUT2D eigenvalue weighted by Crippen LogP contribution is 2.25. The van der Waals surface area contributed by atoms with Gasteiger partial charge in [-0.2, -0.15) is 5.26 Å². The van der Waals surface area contributed by atoms with E-state index in [4.69, 9.17) is 0 Å². The fourth-order valence-electron chi connectivity index (χ4n) is 3.25. The molecular formula is C21H19N4OS2+. The van der Waals surface area contributed by atoms with Crippen molar-refractivity contribution in [3.05, 3.63) is 74.4 Å². The van der Waals surface area contributed by atoms with Crippen molar-refractivity contribution in [1.29, 1.82) is 5.26 Å². The highest BCUT2D eigenvalue weighted by Gasteiger charge is 2.24. The van der Waals surface area contributed by atoms with Crippen molar-refractivity contribution in [3.63, 3.8) is 0 Å². The van der Waals surface area contributed by atoms with Gasteiger partial charge < -0.3 is 4.90 Å². The van der Waals surface area contributed by atoms with Gasteiger partial charge in [-0.3, -0.25) is 10.1 Å². The van der Waals surface area contributed by atoms with Crippen molar-refractivity contribution < 1.29 is 9.69 Å². The van der Waals surface area contributed by atoms with Gasteiger partial charge in [0.2, 0.25) is 0 Å². The molecule has 1 aromatic carbocycles. The third-order valence-corrected chi connectivity index (χ3v) is 6.45. The van der Waals surface area contributed by atoms with Gasteiger partial charge in [0.25, 0.3) is 5.91 Å². The van der Waals surface area contributed by atoms with E-state index in [0.717, 1.165) is 36.6 Å². The molecule has 0 saturated carbocycles. The molecule has 1 unspecified atom stereocenters. The van der Waals surface area contributed by atoms with Crippen LogP contribution in [-0.2, 0) is 24.3 Å². The van der Waals surface area contributed by atoms with Crippen LogP contribution in [0.5, 0.6) is 0 Å². The molecule has 1 aliphatic rings. The Morgan fingerprint density at radius 3 is 2.89 bits per heavy atom. The van der Waals surface area contributed by atoms with E-state index in [2.05, 4.69) is 34.6 Å². The van der Waals surface area contributed by atoms with Gasteiger partial charge in [0.15, 0.2) is 5.13 Å². The van der Waals surface area contributed by atoms with Crippen molar-refractivity contribution in [1.82, 2.24) is 4.98 Å². The molecule has 1 amide bonds. The normalized spacial score (nSPS) is 16.2. The van der Waals surface area contributed by atoms with Crippen molar-refractivity contribution in [2.75, 3.05) is 11.9 Å². The van der Waals surface area contributed by atoms with Crippen LogP contribution in [0.25, 0.3) is 6.08 Å². The van der Waals surface area contributed by atoms with Crippen LogP contribution in [0.3, 0.4) is 0 Å². The number of quaternary nitrogens is 1. The number of anilines is 1. The van der Waals surface area contributed by atoms with Crippen molar-refractivity contribution in [3.8, 4) is 6.07 Å². The van der Waals surface area contributed by atoms with Gasteiger partial charge in [0.1, 0.15) is 24.7 Å². The Kier molecular flexibility index (Phi) is 5.63. The smallest absolute Gasteiger partial charge is 0.268 e. The second-order valence-corrected chi connectivity index (χ2v) is 8.68. The molecule has 0 bridgehead atoms. The molecule has 7 heteroatoms. The number of amides is 1. The van der Waals surface area contributed by atoms with Gasteiger partial charge in [-0.1, -0.05) is 47.7 Å². The fourth-order valence-corrected chi connectivity index (χ4v) is 4.98. The maximum atomic E-state index is 12.5. The lowest BCUT2D eigenvalue weighted by atomic mass is 10.1. The molecule has 0 radical (unpaired) electrons. The summed E-state index contributed by atoms with van der Waals surface area (Å²) in [7, 11) is 0. The molecule has 1 atom stereocenters. The number of carbonyl (C=O) groups is 1. The largest absolute Gasteiger partial charge is 0.326 e. The molecule has 0 fully saturated rings. The Morgan fingerprint density at radius 2 is 2.14 bits per heavy atom. The fraction of sp³-hybridized carbons (Fsp3) is 0.190. The number of nitrogens with one attached hydrogen (secondary N) is 2. The number of thiazole rings is 1. The van der Waals surface area contributed by atoms with Gasteiger partial charge in [-0.25, -0.2) is 4.98 Å². The van der Waals surface area contributed by atoms with E-state index < -0.39 is 5.91 Å². The summed E-state index contributed by atoms with van der Waals surface area (Å²) in [6.07, 6.45) is 2.51. The summed E-state index contributed by atoms with van der Waals surface area (Å²) in [5.41, 5.74) is 2.49. The quantitative estimate of drug-likeness (QED) is 0.505. The Balaban J connectivity index is 1.43. The van der Waals surface area contributed by atoms with E-state index in [0.29, 0.717) is 5.13 Å². The average molecular weight is 408 g/mol. The minimum absolute atomic E-state index is 0.0898. The first-order chi connectivity index (χ1) is 13.7. The van der Waals surface area contributed by atoms with Gasteiger partial charge in [0, 0.05) is 16.9 Å². The molecule has 1 aliphatic heterocycles. The van der Waals surface area contributed by atoms with Crippen molar-refractivity contribution >= 4 is 39.8 Å². The van der Waals surface area contributed by atoms with Crippen LogP contribution in [0.4, 0.5) is 5.13 Å². The van der Waals surface area contributed by atoms with Crippen LogP contribution in [0.1, 0.15) is 21.0 Å². The van der Waals surface area contributed by atoms with Gasteiger partial charge >= 0.3 is 0 Å². The molecule has 0 spiro atoms. The molecule has 0 saturated heterocycles. The predicted molar refractivity (Wildman–Crippen MR) is 112 cm³/mol. The van der Waals surface area contributed by atoms with E-state index in [-0.39, 0.29) is 5.57 Å².